The standard InChI is InChI=1S/C11H15IO3/c1-15-10-3-2-9(11(12)5-10)4-8(6-13)7-14/h2-3,5,8,13-14H,4,6-7H2,1H3. The Morgan fingerprint density at radius 3 is 2.47 bits per heavy atom. The van der Waals surface area contributed by atoms with Crippen LogP contribution in [0.2, 0.25) is 0 Å². The second-order valence-corrected chi connectivity index (χ2v) is 4.55. The quantitative estimate of drug-likeness (QED) is 0.807. The molecule has 15 heavy (non-hydrogen) atoms. The maximum Gasteiger partial charge on any atom is 0.119 e. The van der Waals surface area contributed by atoms with E-state index in [-0.39, 0.29) is 19.1 Å². The van der Waals surface area contributed by atoms with Crippen LogP contribution in [0, 0.1) is 9.49 Å². The highest BCUT2D eigenvalue weighted by Gasteiger charge is 2.10. The minimum absolute atomic E-state index is 0.0125. The van der Waals surface area contributed by atoms with E-state index < -0.39 is 0 Å². The molecule has 0 aliphatic rings. The van der Waals surface area contributed by atoms with E-state index in [0.717, 1.165) is 14.9 Å². The van der Waals surface area contributed by atoms with Crippen molar-refractivity contribution in [3.05, 3.63) is 27.3 Å². The zero-order chi connectivity index (χ0) is 11.3. The summed E-state index contributed by atoms with van der Waals surface area (Å²) >= 11 is 2.23. The Morgan fingerprint density at radius 2 is 2.00 bits per heavy atom. The van der Waals surface area contributed by atoms with Crippen LogP contribution in [0.25, 0.3) is 0 Å². The Morgan fingerprint density at radius 1 is 1.33 bits per heavy atom. The van der Waals surface area contributed by atoms with Crippen LogP contribution in [0.5, 0.6) is 5.75 Å². The molecule has 0 aromatic heterocycles. The summed E-state index contributed by atoms with van der Waals surface area (Å²) in [5.41, 5.74) is 1.13. The number of benzene rings is 1. The zero-order valence-electron chi connectivity index (χ0n) is 8.61. The second kappa shape index (κ2) is 6.30. The first-order chi connectivity index (χ1) is 7.21. The molecule has 0 aliphatic carbocycles. The van der Waals surface area contributed by atoms with Gasteiger partial charge in [0.1, 0.15) is 5.75 Å². The minimum Gasteiger partial charge on any atom is -0.497 e. The van der Waals surface area contributed by atoms with Gasteiger partial charge in [0.25, 0.3) is 0 Å². The van der Waals surface area contributed by atoms with Gasteiger partial charge in [0.15, 0.2) is 0 Å². The second-order valence-electron chi connectivity index (χ2n) is 3.39. The van der Waals surface area contributed by atoms with Gasteiger partial charge in [0, 0.05) is 22.7 Å². The van der Waals surface area contributed by atoms with Crippen LogP contribution < -0.4 is 4.74 Å². The summed E-state index contributed by atoms with van der Waals surface area (Å²) in [6.45, 7) is 0.0250. The summed E-state index contributed by atoms with van der Waals surface area (Å²) in [7, 11) is 1.63. The van der Waals surface area contributed by atoms with E-state index in [1.54, 1.807) is 7.11 Å². The molecule has 0 bridgehead atoms. The molecule has 0 aliphatic heterocycles. The molecule has 0 amide bonds. The number of aliphatic hydroxyl groups excluding tert-OH is 2. The molecule has 1 rings (SSSR count). The Hall–Kier alpha value is -0.330. The van der Waals surface area contributed by atoms with Crippen LogP contribution in [0.15, 0.2) is 18.2 Å². The third kappa shape index (κ3) is 3.62. The zero-order valence-corrected chi connectivity index (χ0v) is 10.8. The van der Waals surface area contributed by atoms with E-state index in [9.17, 15) is 0 Å². The summed E-state index contributed by atoms with van der Waals surface area (Å²) in [5, 5.41) is 18.0. The van der Waals surface area contributed by atoms with Gasteiger partial charge in [-0.15, -0.1) is 0 Å². The van der Waals surface area contributed by atoms with Crippen LogP contribution >= 0.6 is 22.6 Å². The largest absolute Gasteiger partial charge is 0.497 e. The van der Waals surface area contributed by atoms with Gasteiger partial charge in [-0.05, 0) is 46.7 Å². The molecule has 0 saturated carbocycles. The third-order valence-corrected chi connectivity index (χ3v) is 3.29. The minimum atomic E-state index is -0.0769. The van der Waals surface area contributed by atoms with E-state index >= 15 is 0 Å². The number of ether oxygens (including phenoxy) is 1. The fourth-order valence-corrected chi connectivity index (χ4v) is 2.03. The van der Waals surface area contributed by atoms with Crippen molar-refractivity contribution in [2.45, 2.75) is 6.42 Å². The lowest BCUT2D eigenvalue weighted by Gasteiger charge is -2.12. The summed E-state index contributed by atoms with van der Waals surface area (Å²) in [4.78, 5) is 0. The van der Waals surface area contributed by atoms with Crippen LogP contribution in [0.1, 0.15) is 5.56 Å². The van der Waals surface area contributed by atoms with E-state index in [4.69, 9.17) is 14.9 Å². The summed E-state index contributed by atoms with van der Waals surface area (Å²) in [6.07, 6.45) is 0.690. The van der Waals surface area contributed by atoms with E-state index in [2.05, 4.69) is 22.6 Å². The first-order valence-corrected chi connectivity index (χ1v) is 5.83. The molecule has 0 radical (unpaired) electrons. The predicted molar refractivity (Wildman–Crippen MR) is 67.1 cm³/mol. The highest BCUT2D eigenvalue weighted by molar-refractivity contribution is 14.1. The lowest BCUT2D eigenvalue weighted by molar-refractivity contribution is 0.150. The highest BCUT2D eigenvalue weighted by Crippen LogP contribution is 2.21. The van der Waals surface area contributed by atoms with Crippen LogP contribution in [0.4, 0.5) is 0 Å². The summed E-state index contributed by atoms with van der Waals surface area (Å²) in [6, 6.07) is 5.81. The third-order valence-electron chi connectivity index (χ3n) is 2.29. The van der Waals surface area contributed by atoms with Crippen molar-refractivity contribution >= 4 is 22.6 Å². The molecule has 0 atom stereocenters. The van der Waals surface area contributed by atoms with Gasteiger partial charge in [-0.25, -0.2) is 0 Å². The first kappa shape index (κ1) is 12.7. The number of halogens is 1. The summed E-state index contributed by atoms with van der Waals surface area (Å²) in [5.74, 6) is 0.750. The molecule has 1 aromatic carbocycles. The molecular weight excluding hydrogens is 307 g/mol. The topological polar surface area (TPSA) is 49.7 Å². The van der Waals surface area contributed by atoms with Gasteiger partial charge < -0.3 is 14.9 Å². The number of hydrogen-bond donors (Lipinski definition) is 2. The van der Waals surface area contributed by atoms with Gasteiger partial charge in [-0.3, -0.25) is 0 Å². The van der Waals surface area contributed by atoms with Gasteiger partial charge >= 0.3 is 0 Å². The normalized spacial score (nSPS) is 10.7. The SMILES string of the molecule is COc1ccc(CC(CO)CO)c(I)c1. The maximum atomic E-state index is 8.99. The smallest absolute Gasteiger partial charge is 0.119 e. The van der Waals surface area contributed by atoms with Crippen molar-refractivity contribution in [1.29, 1.82) is 0 Å². The Bertz CT molecular complexity index is 311. The molecule has 0 spiro atoms. The van der Waals surface area contributed by atoms with Crippen molar-refractivity contribution in [3.63, 3.8) is 0 Å². The Labute approximate surface area is 103 Å². The average molecular weight is 322 g/mol. The lowest BCUT2D eigenvalue weighted by Crippen LogP contribution is -2.14. The van der Waals surface area contributed by atoms with Gasteiger partial charge in [-0.2, -0.15) is 0 Å². The fraction of sp³-hybridized carbons (Fsp3) is 0.455. The van der Waals surface area contributed by atoms with Crippen molar-refractivity contribution < 1.29 is 14.9 Å². The lowest BCUT2D eigenvalue weighted by atomic mass is 10.0. The van der Waals surface area contributed by atoms with Crippen molar-refractivity contribution in [3.8, 4) is 5.75 Å². The molecule has 1 aromatic rings. The monoisotopic (exact) mass is 322 g/mol. The van der Waals surface area contributed by atoms with E-state index in [1.807, 2.05) is 18.2 Å². The molecule has 0 heterocycles. The summed E-state index contributed by atoms with van der Waals surface area (Å²) < 4.78 is 6.20. The molecule has 84 valence electrons. The Kier molecular flexibility index (Phi) is 5.35. The number of methoxy groups -OCH3 is 1. The number of hydrogen-bond acceptors (Lipinski definition) is 3. The molecule has 0 saturated heterocycles. The van der Waals surface area contributed by atoms with Crippen LogP contribution in [-0.4, -0.2) is 30.5 Å². The van der Waals surface area contributed by atoms with Crippen molar-refractivity contribution in [2.75, 3.05) is 20.3 Å². The predicted octanol–water partition coefficient (Wildman–Crippen LogP) is 1.44. The van der Waals surface area contributed by atoms with Gasteiger partial charge in [0.2, 0.25) is 0 Å². The van der Waals surface area contributed by atoms with E-state index in [0.29, 0.717) is 6.42 Å². The van der Waals surface area contributed by atoms with Gasteiger partial charge in [0.05, 0.1) is 7.11 Å². The number of aliphatic hydroxyl groups is 2. The molecule has 4 heteroatoms. The maximum absolute atomic E-state index is 8.99. The van der Waals surface area contributed by atoms with Gasteiger partial charge in [-0.1, -0.05) is 6.07 Å². The average Bonchev–Trinajstić information content (AvgIpc) is 2.27. The fourth-order valence-electron chi connectivity index (χ4n) is 1.32. The van der Waals surface area contributed by atoms with Crippen LogP contribution in [-0.2, 0) is 6.42 Å². The van der Waals surface area contributed by atoms with Crippen molar-refractivity contribution in [2.24, 2.45) is 5.92 Å². The molecule has 2 N–H and O–H groups in total. The molecule has 0 fully saturated rings. The molecular formula is C11H15IO3. The highest BCUT2D eigenvalue weighted by atomic mass is 127. The van der Waals surface area contributed by atoms with Crippen LogP contribution in [0.3, 0.4) is 0 Å². The molecule has 3 nitrogen and oxygen atoms in total. The first-order valence-electron chi connectivity index (χ1n) is 4.75. The molecule has 0 unspecified atom stereocenters. The number of rotatable bonds is 5. The van der Waals surface area contributed by atoms with E-state index in [1.165, 1.54) is 0 Å². The van der Waals surface area contributed by atoms with Crippen molar-refractivity contribution in [1.82, 2.24) is 0 Å². The Balaban J connectivity index is 2.77.